The van der Waals surface area contributed by atoms with Gasteiger partial charge >= 0.3 is 0 Å². The first-order valence-corrected chi connectivity index (χ1v) is 4.35. The van der Waals surface area contributed by atoms with Crippen molar-refractivity contribution in [1.29, 1.82) is 0 Å². The SMILES string of the molecule is c1cn(CC2CNCCN2)cn1. The molecule has 1 aromatic rings. The van der Waals surface area contributed by atoms with Crippen LogP contribution in [0.1, 0.15) is 0 Å². The molecular weight excluding hydrogens is 152 g/mol. The van der Waals surface area contributed by atoms with Crippen LogP contribution in [-0.2, 0) is 6.54 Å². The normalized spacial score (nSPS) is 24.2. The Morgan fingerprint density at radius 2 is 2.50 bits per heavy atom. The summed E-state index contributed by atoms with van der Waals surface area (Å²) in [5.74, 6) is 0. The smallest absolute Gasteiger partial charge is 0.0946 e. The molecule has 1 atom stereocenters. The van der Waals surface area contributed by atoms with Crippen LogP contribution in [-0.4, -0.2) is 35.2 Å². The van der Waals surface area contributed by atoms with E-state index in [1.165, 1.54) is 0 Å². The first-order valence-electron chi connectivity index (χ1n) is 4.35. The minimum Gasteiger partial charge on any atom is -0.336 e. The third-order valence-electron chi connectivity index (χ3n) is 2.12. The van der Waals surface area contributed by atoms with E-state index in [4.69, 9.17) is 0 Å². The summed E-state index contributed by atoms with van der Waals surface area (Å²) in [6.45, 7) is 4.21. The van der Waals surface area contributed by atoms with Crippen molar-refractivity contribution < 1.29 is 0 Å². The van der Waals surface area contributed by atoms with Gasteiger partial charge in [-0.2, -0.15) is 0 Å². The molecule has 4 nitrogen and oxygen atoms in total. The second-order valence-corrected chi connectivity index (χ2v) is 3.11. The highest BCUT2D eigenvalue weighted by Crippen LogP contribution is 1.93. The lowest BCUT2D eigenvalue weighted by molar-refractivity contribution is 0.379. The molecule has 0 aromatic carbocycles. The summed E-state index contributed by atoms with van der Waals surface area (Å²) in [5.41, 5.74) is 0. The number of rotatable bonds is 2. The fourth-order valence-corrected chi connectivity index (χ4v) is 1.49. The molecule has 0 bridgehead atoms. The van der Waals surface area contributed by atoms with Crippen molar-refractivity contribution in [2.45, 2.75) is 12.6 Å². The van der Waals surface area contributed by atoms with Gasteiger partial charge in [-0.05, 0) is 0 Å². The predicted octanol–water partition coefficient (Wildman–Crippen LogP) is -0.555. The zero-order valence-electron chi connectivity index (χ0n) is 7.03. The zero-order valence-corrected chi connectivity index (χ0v) is 7.03. The maximum absolute atomic E-state index is 4.00. The molecule has 1 unspecified atom stereocenters. The topological polar surface area (TPSA) is 41.9 Å². The van der Waals surface area contributed by atoms with Crippen LogP contribution in [0.15, 0.2) is 18.7 Å². The number of imidazole rings is 1. The molecule has 2 rings (SSSR count). The van der Waals surface area contributed by atoms with E-state index in [9.17, 15) is 0 Å². The Balaban J connectivity index is 1.86. The highest BCUT2D eigenvalue weighted by Gasteiger charge is 2.11. The van der Waals surface area contributed by atoms with E-state index in [1.54, 1.807) is 0 Å². The molecule has 4 heteroatoms. The van der Waals surface area contributed by atoms with Crippen LogP contribution in [0.3, 0.4) is 0 Å². The van der Waals surface area contributed by atoms with Gasteiger partial charge in [-0.3, -0.25) is 0 Å². The van der Waals surface area contributed by atoms with Gasteiger partial charge in [-0.25, -0.2) is 4.98 Å². The van der Waals surface area contributed by atoms with Crippen LogP contribution in [0.5, 0.6) is 0 Å². The van der Waals surface area contributed by atoms with E-state index < -0.39 is 0 Å². The van der Waals surface area contributed by atoms with Crippen molar-refractivity contribution >= 4 is 0 Å². The van der Waals surface area contributed by atoms with Crippen LogP contribution < -0.4 is 10.6 Å². The molecule has 1 fully saturated rings. The maximum atomic E-state index is 4.00. The van der Waals surface area contributed by atoms with Crippen LogP contribution in [0.4, 0.5) is 0 Å². The van der Waals surface area contributed by atoms with Crippen molar-refractivity contribution in [3.05, 3.63) is 18.7 Å². The molecule has 66 valence electrons. The monoisotopic (exact) mass is 166 g/mol. The maximum Gasteiger partial charge on any atom is 0.0946 e. The minimum absolute atomic E-state index is 0.549. The molecule has 0 spiro atoms. The summed E-state index contributed by atoms with van der Waals surface area (Å²) < 4.78 is 2.10. The number of hydrogen-bond acceptors (Lipinski definition) is 3. The second-order valence-electron chi connectivity index (χ2n) is 3.11. The van der Waals surface area contributed by atoms with Crippen LogP contribution in [0.2, 0.25) is 0 Å². The average molecular weight is 166 g/mol. The first-order chi connectivity index (χ1) is 5.95. The van der Waals surface area contributed by atoms with E-state index in [-0.39, 0.29) is 0 Å². The van der Waals surface area contributed by atoms with Crippen molar-refractivity contribution in [3.8, 4) is 0 Å². The van der Waals surface area contributed by atoms with Gasteiger partial charge in [0, 0.05) is 44.6 Å². The molecule has 1 aromatic heterocycles. The Bertz CT molecular complexity index is 213. The van der Waals surface area contributed by atoms with E-state index in [1.807, 2.05) is 18.7 Å². The Hall–Kier alpha value is -0.870. The highest BCUT2D eigenvalue weighted by molar-refractivity contribution is 4.81. The number of aromatic nitrogens is 2. The Labute approximate surface area is 72.0 Å². The van der Waals surface area contributed by atoms with Crippen LogP contribution >= 0.6 is 0 Å². The van der Waals surface area contributed by atoms with Crippen LogP contribution in [0, 0.1) is 0 Å². The van der Waals surface area contributed by atoms with E-state index in [0.29, 0.717) is 6.04 Å². The van der Waals surface area contributed by atoms with Gasteiger partial charge in [0.15, 0.2) is 0 Å². The fraction of sp³-hybridized carbons (Fsp3) is 0.625. The summed E-state index contributed by atoms with van der Waals surface area (Å²) in [4.78, 5) is 4.00. The van der Waals surface area contributed by atoms with Gasteiger partial charge in [0.05, 0.1) is 6.33 Å². The van der Waals surface area contributed by atoms with E-state index >= 15 is 0 Å². The second kappa shape index (κ2) is 3.69. The van der Waals surface area contributed by atoms with Gasteiger partial charge in [0.2, 0.25) is 0 Å². The molecule has 1 saturated heterocycles. The minimum atomic E-state index is 0.549. The van der Waals surface area contributed by atoms with E-state index in [2.05, 4.69) is 20.2 Å². The summed E-state index contributed by atoms with van der Waals surface area (Å²) in [6.07, 6.45) is 5.67. The van der Waals surface area contributed by atoms with Crippen molar-refractivity contribution in [2.24, 2.45) is 0 Å². The largest absolute Gasteiger partial charge is 0.336 e. The van der Waals surface area contributed by atoms with Gasteiger partial charge in [-0.1, -0.05) is 0 Å². The van der Waals surface area contributed by atoms with Gasteiger partial charge in [-0.15, -0.1) is 0 Å². The third-order valence-corrected chi connectivity index (χ3v) is 2.12. The fourth-order valence-electron chi connectivity index (χ4n) is 1.49. The number of nitrogens with one attached hydrogen (secondary N) is 2. The summed E-state index contributed by atoms with van der Waals surface area (Å²) in [5, 5.41) is 6.80. The van der Waals surface area contributed by atoms with Crippen LogP contribution in [0.25, 0.3) is 0 Å². The van der Waals surface area contributed by atoms with Gasteiger partial charge < -0.3 is 15.2 Å². The first kappa shape index (κ1) is 7.76. The summed E-state index contributed by atoms with van der Waals surface area (Å²) in [6, 6.07) is 0.549. The van der Waals surface area contributed by atoms with Crippen molar-refractivity contribution in [1.82, 2.24) is 20.2 Å². The Morgan fingerprint density at radius 3 is 3.17 bits per heavy atom. The molecule has 0 saturated carbocycles. The van der Waals surface area contributed by atoms with E-state index in [0.717, 1.165) is 26.2 Å². The lowest BCUT2D eigenvalue weighted by Crippen LogP contribution is -2.50. The number of piperazine rings is 1. The predicted molar refractivity (Wildman–Crippen MR) is 46.9 cm³/mol. The summed E-state index contributed by atoms with van der Waals surface area (Å²) >= 11 is 0. The Morgan fingerprint density at radius 1 is 1.50 bits per heavy atom. The molecule has 0 radical (unpaired) electrons. The third kappa shape index (κ3) is 1.84. The standard InChI is InChI=1S/C8H14N4/c1-2-11-8(5-9-1)6-12-4-3-10-7-12/h3-4,7-9,11H,1-2,5-6H2. The van der Waals surface area contributed by atoms with Crippen molar-refractivity contribution in [2.75, 3.05) is 19.6 Å². The highest BCUT2D eigenvalue weighted by atomic mass is 15.1. The average Bonchev–Trinajstić information content (AvgIpc) is 2.59. The molecule has 0 amide bonds. The quantitative estimate of drug-likeness (QED) is 0.619. The zero-order chi connectivity index (χ0) is 8.23. The van der Waals surface area contributed by atoms with Gasteiger partial charge in [0.25, 0.3) is 0 Å². The lowest BCUT2D eigenvalue weighted by atomic mass is 10.2. The number of nitrogens with zero attached hydrogens (tertiary/aromatic N) is 2. The molecule has 2 heterocycles. The molecular formula is C8H14N4. The molecule has 2 N–H and O–H groups in total. The number of hydrogen-bond donors (Lipinski definition) is 2. The molecule has 1 aliphatic rings. The molecule has 0 aliphatic carbocycles. The molecule has 12 heavy (non-hydrogen) atoms. The van der Waals surface area contributed by atoms with Gasteiger partial charge in [0.1, 0.15) is 0 Å². The Kier molecular flexibility index (Phi) is 2.39. The summed E-state index contributed by atoms with van der Waals surface area (Å²) in [7, 11) is 0. The lowest BCUT2D eigenvalue weighted by Gasteiger charge is -2.24. The molecule has 1 aliphatic heterocycles. The van der Waals surface area contributed by atoms with Crippen molar-refractivity contribution in [3.63, 3.8) is 0 Å².